The van der Waals surface area contributed by atoms with Gasteiger partial charge in [0.15, 0.2) is 0 Å². The summed E-state index contributed by atoms with van der Waals surface area (Å²) in [6, 6.07) is 15.2. The van der Waals surface area contributed by atoms with E-state index in [0.717, 1.165) is 24.0 Å². The first kappa shape index (κ1) is 20.2. The molecule has 2 amide bonds. The van der Waals surface area contributed by atoms with Crippen molar-refractivity contribution >= 4 is 29.5 Å². The van der Waals surface area contributed by atoms with E-state index >= 15 is 0 Å². The van der Waals surface area contributed by atoms with Crippen LogP contribution in [0.15, 0.2) is 54.6 Å². The van der Waals surface area contributed by atoms with Crippen LogP contribution in [0.1, 0.15) is 48.2 Å². The summed E-state index contributed by atoms with van der Waals surface area (Å²) in [6.07, 6.45) is 5.38. The van der Waals surface area contributed by atoms with Crippen LogP contribution in [0.3, 0.4) is 0 Å². The molecular formula is C23H25ClN2O2. The van der Waals surface area contributed by atoms with Crippen molar-refractivity contribution in [3.05, 3.63) is 76.3 Å². The molecule has 0 aromatic heterocycles. The Kier molecular flexibility index (Phi) is 6.20. The summed E-state index contributed by atoms with van der Waals surface area (Å²) in [5.41, 5.74) is 2.35. The molecular weight excluding hydrogens is 372 g/mol. The molecule has 1 fully saturated rings. The van der Waals surface area contributed by atoms with Gasteiger partial charge in [0, 0.05) is 34.7 Å². The van der Waals surface area contributed by atoms with Crippen LogP contribution in [0.4, 0.5) is 0 Å². The zero-order valence-corrected chi connectivity index (χ0v) is 16.9. The monoisotopic (exact) mass is 396 g/mol. The number of carbonyl (C=O) groups excluding carboxylic acids is 2. The molecule has 1 saturated carbocycles. The second kappa shape index (κ2) is 8.61. The first-order chi connectivity index (χ1) is 13.3. The van der Waals surface area contributed by atoms with E-state index in [4.69, 9.17) is 11.6 Å². The van der Waals surface area contributed by atoms with Gasteiger partial charge < -0.3 is 10.6 Å². The number of halogens is 1. The molecule has 4 nitrogen and oxygen atoms in total. The maximum Gasteiger partial charge on any atom is 0.251 e. The van der Waals surface area contributed by atoms with Crippen LogP contribution in [-0.4, -0.2) is 24.4 Å². The third kappa shape index (κ3) is 5.70. The van der Waals surface area contributed by atoms with Crippen molar-refractivity contribution in [1.29, 1.82) is 0 Å². The molecule has 28 heavy (non-hydrogen) atoms. The first-order valence-corrected chi connectivity index (χ1v) is 9.84. The third-order valence-corrected chi connectivity index (χ3v) is 5.06. The highest BCUT2D eigenvalue weighted by Gasteiger charge is 2.23. The van der Waals surface area contributed by atoms with Crippen LogP contribution in [0.2, 0.25) is 5.02 Å². The van der Waals surface area contributed by atoms with Gasteiger partial charge in [-0.3, -0.25) is 9.59 Å². The minimum Gasteiger partial charge on any atom is -0.352 e. The zero-order chi connectivity index (χ0) is 20.1. The minimum atomic E-state index is -0.231. The van der Waals surface area contributed by atoms with Gasteiger partial charge in [-0.05, 0) is 54.3 Å². The van der Waals surface area contributed by atoms with Crippen molar-refractivity contribution < 1.29 is 9.59 Å². The molecule has 0 atom stereocenters. The fraction of sp³-hybridized carbons (Fsp3) is 0.304. The van der Waals surface area contributed by atoms with E-state index in [-0.39, 0.29) is 17.2 Å². The molecule has 0 heterocycles. The standard InChI is InChI=1S/C23H25ClN2O2/c1-23(2,18-4-3-5-19(24)14-18)15-25-21(27)13-8-16-6-9-17(10-7-16)22(28)26-20-11-12-20/h3-10,13-14,20H,11-12,15H2,1-2H3,(H,25,27)(H,26,28)/b13-8+. The lowest BCUT2D eigenvalue weighted by atomic mass is 9.84. The number of nitrogens with one attached hydrogen (secondary N) is 2. The van der Waals surface area contributed by atoms with Crippen LogP contribution in [0, 0.1) is 0 Å². The Hall–Kier alpha value is -2.59. The maximum atomic E-state index is 12.2. The number of hydrogen-bond donors (Lipinski definition) is 2. The molecule has 1 aliphatic rings. The highest BCUT2D eigenvalue weighted by Crippen LogP contribution is 2.24. The summed E-state index contributed by atoms with van der Waals surface area (Å²) in [6.45, 7) is 4.62. The molecule has 0 aliphatic heterocycles. The Morgan fingerprint density at radius 1 is 1.14 bits per heavy atom. The highest BCUT2D eigenvalue weighted by atomic mass is 35.5. The van der Waals surface area contributed by atoms with Crippen LogP contribution >= 0.6 is 11.6 Å². The van der Waals surface area contributed by atoms with Gasteiger partial charge in [0.1, 0.15) is 0 Å². The SMILES string of the molecule is CC(C)(CNC(=O)/C=C/c1ccc(C(=O)NC2CC2)cc1)c1cccc(Cl)c1. The lowest BCUT2D eigenvalue weighted by molar-refractivity contribution is -0.116. The van der Waals surface area contributed by atoms with Gasteiger partial charge >= 0.3 is 0 Å². The molecule has 0 spiro atoms. The third-order valence-electron chi connectivity index (χ3n) is 4.82. The number of amides is 2. The van der Waals surface area contributed by atoms with Crippen molar-refractivity contribution in [2.24, 2.45) is 0 Å². The van der Waals surface area contributed by atoms with Crippen molar-refractivity contribution in [1.82, 2.24) is 10.6 Å². The molecule has 3 rings (SSSR count). The topological polar surface area (TPSA) is 58.2 Å². The summed E-state index contributed by atoms with van der Waals surface area (Å²) < 4.78 is 0. The molecule has 0 bridgehead atoms. The molecule has 0 unspecified atom stereocenters. The van der Waals surface area contributed by atoms with E-state index in [1.54, 1.807) is 18.2 Å². The largest absolute Gasteiger partial charge is 0.352 e. The predicted octanol–water partition coefficient (Wildman–Crippen LogP) is 4.34. The summed E-state index contributed by atoms with van der Waals surface area (Å²) in [5.74, 6) is -0.204. The van der Waals surface area contributed by atoms with Crippen LogP contribution in [-0.2, 0) is 10.2 Å². The summed E-state index contributed by atoms with van der Waals surface area (Å²) in [4.78, 5) is 24.2. The maximum absolute atomic E-state index is 12.2. The highest BCUT2D eigenvalue weighted by molar-refractivity contribution is 6.30. The van der Waals surface area contributed by atoms with E-state index in [0.29, 0.717) is 23.2 Å². The Morgan fingerprint density at radius 3 is 2.50 bits per heavy atom. The van der Waals surface area contributed by atoms with Gasteiger partial charge in [-0.25, -0.2) is 0 Å². The molecule has 1 aliphatic carbocycles. The van der Waals surface area contributed by atoms with E-state index < -0.39 is 0 Å². The average molecular weight is 397 g/mol. The average Bonchev–Trinajstić information content (AvgIpc) is 3.49. The van der Waals surface area contributed by atoms with Gasteiger partial charge in [-0.1, -0.05) is 49.7 Å². The van der Waals surface area contributed by atoms with E-state index in [1.165, 1.54) is 6.08 Å². The fourth-order valence-electron chi connectivity index (χ4n) is 2.79. The smallest absolute Gasteiger partial charge is 0.251 e. The fourth-order valence-corrected chi connectivity index (χ4v) is 2.98. The van der Waals surface area contributed by atoms with E-state index in [1.807, 2.05) is 36.4 Å². The second-order valence-electron chi connectivity index (χ2n) is 7.82. The van der Waals surface area contributed by atoms with Crippen molar-refractivity contribution in [3.63, 3.8) is 0 Å². The Labute approximate surface area is 171 Å². The quantitative estimate of drug-likeness (QED) is 0.684. The summed E-state index contributed by atoms with van der Waals surface area (Å²) >= 11 is 6.07. The van der Waals surface area contributed by atoms with E-state index in [9.17, 15) is 9.59 Å². The lowest BCUT2D eigenvalue weighted by Crippen LogP contribution is -2.35. The zero-order valence-electron chi connectivity index (χ0n) is 16.2. The summed E-state index contributed by atoms with van der Waals surface area (Å²) in [5, 5.41) is 6.58. The van der Waals surface area contributed by atoms with Gasteiger partial charge in [-0.15, -0.1) is 0 Å². The van der Waals surface area contributed by atoms with Gasteiger partial charge in [0.2, 0.25) is 5.91 Å². The molecule has 2 aromatic carbocycles. The van der Waals surface area contributed by atoms with Crippen LogP contribution < -0.4 is 10.6 Å². The first-order valence-electron chi connectivity index (χ1n) is 9.46. The number of benzene rings is 2. The molecule has 5 heteroatoms. The minimum absolute atomic E-state index is 0.0426. The molecule has 0 saturated heterocycles. The van der Waals surface area contributed by atoms with Crippen molar-refractivity contribution in [2.75, 3.05) is 6.54 Å². The molecule has 2 N–H and O–H groups in total. The van der Waals surface area contributed by atoms with Gasteiger partial charge in [0.05, 0.1) is 0 Å². The Balaban J connectivity index is 1.52. The number of hydrogen-bond acceptors (Lipinski definition) is 2. The molecule has 2 aromatic rings. The second-order valence-corrected chi connectivity index (χ2v) is 8.25. The summed E-state index contributed by atoms with van der Waals surface area (Å²) in [7, 11) is 0. The van der Waals surface area contributed by atoms with Gasteiger partial charge in [0.25, 0.3) is 5.91 Å². The Morgan fingerprint density at radius 2 is 1.86 bits per heavy atom. The van der Waals surface area contributed by atoms with Crippen molar-refractivity contribution in [3.8, 4) is 0 Å². The number of carbonyl (C=O) groups is 2. The lowest BCUT2D eigenvalue weighted by Gasteiger charge is -2.25. The number of rotatable bonds is 7. The van der Waals surface area contributed by atoms with Crippen LogP contribution in [0.25, 0.3) is 6.08 Å². The molecule has 146 valence electrons. The molecule has 0 radical (unpaired) electrons. The van der Waals surface area contributed by atoms with Crippen molar-refractivity contribution in [2.45, 2.75) is 38.1 Å². The predicted molar refractivity (Wildman–Crippen MR) is 113 cm³/mol. The normalized spacial score (nSPS) is 14.1. The van der Waals surface area contributed by atoms with Crippen LogP contribution in [0.5, 0.6) is 0 Å². The van der Waals surface area contributed by atoms with E-state index in [2.05, 4.69) is 24.5 Å². The Bertz CT molecular complexity index is 884. The van der Waals surface area contributed by atoms with Gasteiger partial charge in [-0.2, -0.15) is 0 Å².